The molecule has 0 rings (SSSR count). The van der Waals surface area contributed by atoms with Crippen molar-refractivity contribution in [3.8, 4) is 0 Å². The van der Waals surface area contributed by atoms with Crippen LogP contribution in [0.1, 0.15) is 26.2 Å². The molecule has 0 aromatic rings. The number of hydrogen-bond donors (Lipinski definition) is 1. The molecular formula is C17H22O2. The Bertz CT molecular complexity index is 393. The van der Waals surface area contributed by atoms with Crippen LogP contribution in [-0.2, 0) is 4.79 Å². The Morgan fingerprint density at radius 3 is 1.79 bits per heavy atom. The summed E-state index contributed by atoms with van der Waals surface area (Å²) in [6.45, 7) is 2.19. The van der Waals surface area contributed by atoms with Gasteiger partial charge in [0.1, 0.15) is 0 Å². The van der Waals surface area contributed by atoms with Gasteiger partial charge in [-0.2, -0.15) is 0 Å². The Morgan fingerprint density at radius 1 is 0.842 bits per heavy atom. The zero-order valence-corrected chi connectivity index (χ0v) is 11.4. The first-order chi connectivity index (χ1) is 9.27. The van der Waals surface area contributed by atoms with E-state index in [1.807, 2.05) is 36.5 Å². The zero-order valence-electron chi connectivity index (χ0n) is 11.4. The van der Waals surface area contributed by atoms with Crippen LogP contribution in [0.3, 0.4) is 0 Å². The summed E-state index contributed by atoms with van der Waals surface area (Å²) < 4.78 is 0. The maximum atomic E-state index is 10.2. The number of carboxylic acids is 1. The summed E-state index contributed by atoms with van der Waals surface area (Å²) in [5, 5.41) is 8.34. The lowest BCUT2D eigenvalue weighted by Gasteiger charge is -1.84. The highest BCUT2D eigenvalue weighted by Gasteiger charge is 1.79. The summed E-state index contributed by atoms with van der Waals surface area (Å²) in [6.07, 6.45) is 25.4. The Hall–Kier alpha value is -2.09. The summed E-state index contributed by atoms with van der Waals surface area (Å²) in [4.78, 5) is 10.2. The molecule has 0 amide bonds. The molecule has 0 fully saturated rings. The van der Waals surface area contributed by atoms with Crippen LogP contribution in [0, 0.1) is 0 Å². The van der Waals surface area contributed by atoms with Crippen molar-refractivity contribution in [2.45, 2.75) is 26.2 Å². The van der Waals surface area contributed by atoms with Crippen LogP contribution in [0.5, 0.6) is 0 Å². The molecule has 0 saturated carbocycles. The maximum Gasteiger partial charge on any atom is 0.328 e. The van der Waals surface area contributed by atoms with Crippen LogP contribution >= 0.6 is 0 Å². The van der Waals surface area contributed by atoms with Crippen molar-refractivity contribution >= 4 is 5.97 Å². The third-order valence-electron chi connectivity index (χ3n) is 2.10. The highest BCUT2D eigenvalue weighted by Crippen LogP contribution is 1.94. The van der Waals surface area contributed by atoms with E-state index in [2.05, 4.69) is 19.1 Å². The molecule has 2 heteroatoms. The molecule has 0 aliphatic rings. The van der Waals surface area contributed by atoms with Gasteiger partial charge in [0.25, 0.3) is 0 Å². The van der Waals surface area contributed by atoms with Crippen LogP contribution in [0.25, 0.3) is 0 Å². The minimum Gasteiger partial charge on any atom is -0.478 e. The predicted molar refractivity (Wildman–Crippen MR) is 82.0 cm³/mol. The van der Waals surface area contributed by atoms with Crippen LogP contribution in [-0.4, -0.2) is 11.1 Å². The molecule has 0 aromatic carbocycles. The first-order valence-electron chi connectivity index (χ1n) is 6.50. The highest BCUT2D eigenvalue weighted by atomic mass is 16.4. The zero-order chi connectivity index (χ0) is 14.2. The van der Waals surface area contributed by atoms with Crippen LogP contribution in [0.4, 0.5) is 0 Å². The van der Waals surface area contributed by atoms with Crippen LogP contribution in [0.15, 0.2) is 72.9 Å². The first kappa shape index (κ1) is 16.9. The van der Waals surface area contributed by atoms with Crippen LogP contribution in [0.2, 0.25) is 0 Å². The standard InChI is InChI=1S/C17H22O2/c1-2-3-4-5-6-7-8-9-10-11-12-13-14-15-16-17(18)19/h5-16H,2-4H2,1H3,(H,18,19). The molecule has 19 heavy (non-hydrogen) atoms. The maximum absolute atomic E-state index is 10.2. The Kier molecular flexibility index (Phi) is 12.4. The molecule has 2 nitrogen and oxygen atoms in total. The fraction of sp³-hybridized carbons (Fsp3) is 0.235. The molecule has 102 valence electrons. The number of rotatable bonds is 9. The third-order valence-corrected chi connectivity index (χ3v) is 2.10. The SMILES string of the molecule is CCCCC=CC=CC=CC=CC=CC=CC(=O)O. The lowest BCUT2D eigenvalue weighted by molar-refractivity contribution is -0.131. The van der Waals surface area contributed by atoms with E-state index in [1.54, 1.807) is 12.2 Å². The third kappa shape index (κ3) is 15.9. The van der Waals surface area contributed by atoms with E-state index >= 15 is 0 Å². The van der Waals surface area contributed by atoms with Crippen molar-refractivity contribution in [1.82, 2.24) is 0 Å². The lowest BCUT2D eigenvalue weighted by Crippen LogP contribution is -1.84. The minimum absolute atomic E-state index is 0.939. The predicted octanol–water partition coefficient (Wildman–Crippen LogP) is 4.60. The van der Waals surface area contributed by atoms with Gasteiger partial charge >= 0.3 is 5.97 Å². The number of hydrogen-bond acceptors (Lipinski definition) is 1. The minimum atomic E-state index is -0.939. The molecule has 0 aliphatic heterocycles. The molecule has 0 spiro atoms. The van der Waals surface area contributed by atoms with Gasteiger partial charge in [-0.3, -0.25) is 0 Å². The highest BCUT2D eigenvalue weighted by molar-refractivity contribution is 5.80. The Morgan fingerprint density at radius 2 is 1.32 bits per heavy atom. The Balaban J connectivity index is 3.75. The summed E-state index contributed by atoms with van der Waals surface area (Å²) in [7, 11) is 0. The average Bonchev–Trinajstić information content (AvgIpc) is 2.39. The van der Waals surface area contributed by atoms with Crippen molar-refractivity contribution in [1.29, 1.82) is 0 Å². The van der Waals surface area contributed by atoms with E-state index in [9.17, 15) is 4.79 Å². The number of unbranched alkanes of at least 4 members (excludes halogenated alkanes) is 2. The first-order valence-corrected chi connectivity index (χ1v) is 6.50. The Labute approximate surface area is 115 Å². The number of allylic oxidation sites excluding steroid dienone is 11. The molecule has 0 aliphatic carbocycles. The average molecular weight is 258 g/mol. The van der Waals surface area contributed by atoms with E-state index in [1.165, 1.54) is 18.9 Å². The second kappa shape index (κ2) is 14.0. The van der Waals surface area contributed by atoms with Gasteiger partial charge in [-0.15, -0.1) is 0 Å². The number of carboxylic acid groups (broad SMARTS) is 1. The van der Waals surface area contributed by atoms with Gasteiger partial charge in [-0.1, -0.05) is 86.6 Å². The molecule has 0 saturated heterocycles. The van der Waals surface area contributed by atoms with Gasteiger partial charge < -0.3 is 5.11 Å². The largest absolute Gasteiger partial charge is 0.478 e. The second-order valence-electron chi connectivity index (χ2n) is 3.81. The van der Waals surface area contributed by atoms with E-state index < -0.39 is 5.97 Å². The lowest BCUT2D eigenvalue weighted by atomic mass is 10.2. The molecule has 0 bridgehead atoms. The normalized spacial score (nSPS) is 13.3. The molecule has 0 atom stereocenters. The van der Waals surface area contributed by atoms with Crippen molar-refractivity contribution < 1.29 is 9.90 Å². The fourth-order valence-corrected chi connectivity index (χ4v) is 1.15. The monoisotopic (exact) mass is 258 g/mol. The van der Waals surface area contributed by atoms with Crippen molar-refractivity contribution in [2.75, 3.05) is 0 Å². The van der Waals surface area contributed by atoms with Gasteiger partial charge in [-0.25, -0.2) is 4.79 Å². The number of carbonyl (C=O) groups is 1. The number of aliphatic carboxylic acids is 1. The van der Waals surface area contributed by atoms with Gasteiger partial charge in [0.2, 0.25) is 0 Å². The van der Waals surface area contributed by atoms with Gasteiger partial charge in [0.05, 0.1) is 0 Å². The summed E-state index contributed by atoms with van der Waals surface area (Å²) >= 11 is 0. The second-order valence-corrected chi connectivity index (χ2v) is 3.81. The molecule has 0 radical (unpaired) electrons. The summed E-state index contributed by atoms with van der Waals surface area (Å²) in [5.74, 6) is -0.939. The van der Waals surface area contributed by atoms with Gasteiger partial charge in [-0.05, 0) is 6.42 Å². The van der Waals surface area contributed by atoms with E-state index in [0.29, 0.717) is 0 Å². The van der Waals surface area contributed by atoms with E-state index in [-0.39, 0.29) is 0 Å². The van der Waals surface area contributed by atoms with E-state index in [4.69, 9.17) is 5.11 Å². The fourth-order valence-electron chi connectivity index (χ4n) is 1.15. The van der Waals surface area contributed by atoms with Crippen molar-refractivity contribution in [2.24, 2.45) is 0 Å². The smallest absolute Gasteiger partial charge is 0.328 e. The quantitative estimate of drug-likeness (QED) is 0.373. The molecule has 0 heterocycles. The topological polar surface area (TPSA) is 37.3 Å². The van der Waals surface area contributed by atoms with Crippen LogP contribution < -0.4 is 0 Å². The summed E-state index contributed by atoms with van der Waals surface area (Å²) in [5.41, 5.74) is 0. The van der Waals surface area contributed by atoms with E-state index in [0.717, 1.165) is 12.5 Å². The van der Waals surface area contributed by atoms with Gasteiger partial charge in [0, 0.05) is 6.08 Å². The van der Waals surface area contributed by atoms with Crippen molar-refractivity contribution in [3.63, 3.8) is 0 Å². The molecule has 1 N–H and O–H groups in total. The van der Waals surface area contributed by atoms with Gasteiger partial charge in [0.15, 0.2) is 0 Å². The molecule has 0 unspecified atom stereocenters. The van der Waals surface area contributed by atoms with Crippen molar-refractivity contribution in [3.05, 3.63) is 72.9 Å². The molecule has 0 aromatic heterocycles. The summed E-state index contributed by atoms with van der Waals surface area (Å²) in [6, 6.07) is 0. The molecular weight excluding hydrogens is 236 g/mol.